The lowest BCUT2D eigenvalue weighted by Gasteiger charge is -2.17. The van der Waals surface area contributed by atoms with Gasteiger partial charge in [-0.25, -0.2) is 9.97 Å². The molecular formula is C30H24N8O. The minimum absolute atomic E-state index is 0.121. The van der Waals surface area contributed by atoms with Crippen LogP contribution in [0.3, 0.4) is 0 Å². The second-order valence-corrected chi connectivity index (χ2v) is 9.12. The molecule has 1 atom stereocenters. The van der Waals surface area contributed by atoms with E-state index in [-0.39, 0.29) is 17.3 Å². The number of nitrogens with zero attached hydrogens (tertiary/aromatic N) is 6. The number of hydrogen-bond acceptors (Lipinski definition) is 6. The molecule has 39 heavy (non-hydrogen) atoms. The first-order valence-corrected chi connectivity index (χ1v) is 12.4. The third-order valence-corrected chi connectivity index (χ3v) is 6.40. The Balaban J connectivity index is 1.46. The van der Waals surface area contributed by atoms with Crippen LogP contribution in [0.4, 0.5) is 5.82 Å². The molecule has 0 bridgehead atoms. The predicted octanol–water partition coefficient (Wildman–Crippen LogP) is 4.18. The number of nitrogen functional groups attached to an aromatic ring is 1. The highest BCUT2D eigenvalue weighted by Gasteiger charge is 2.24. The minimum atomic E-state index is -0.484. The molecule has 0 unspecified atom stereocenters. The summed E-state index contributed by atoms with van der Waals surface area (Å²) >= 11 is 0. The van der Waals surface area contributed by atoms with Crippen LogP contribution in [-0.2, 0) is 7.05 Å². The number of anilines is 1. The molecule has 6 rings (SSSR count). The maximum Gasteiger partial charge on any atom is 0.257 e. The Bertz CT molecular complexity index is 1910. The predicted molar refractivity (Wildman–Crippen MR) is 150 cm³/mol. The van der Waals surface area contributed by atoms with Gasteiger partial charge in [-0.15, -0.1) is 0 Å². The van der Waals surface area contributed by atoms with Crippen molar-refractivity contribution in [3.05, 3.63) is 108 Å². The van der Waals surface area contributed by atoms with Gasteiger partial charge in [0.1, 0.15) is 17.2 Å². The van der Waals surface area contributed by atoms with Gasteiger partial charge >= 0.3 is 0 Å². The average molecular weight is 513 g/mol. The number of nitrogens with two attached hydrogens (primary N) is 1. The number of carbonyl (C=O) groups excluding carboxylic acids is 1. The SMILES string of the molecule is C[C@@H](NC(=O)c1c(N)ncc2cccnc12)c1nc2cccc(C#Cc3cnn(C)c3)c2n1-c1ccccc1. The third kappa shape index (κ3) is 4.45. The molecule has 190 valence electrons. The molecular weight excluding hydrogens is 488 g/mol. The summed E-state index contributed by atoms with van der Waals surface area (Å²) in [5, 5.41) is 8.00. The van der Waals surface area contributed by atoms with Crippen LogP contribution in [0.2, 0.25) is 0 Å². The van der Waals surface area contributed by atoms with Crippen molar-refractivity contribution in [2.45, 2.75) is 13.0 Å². The van der Waals surface area contributed by atoms with Gasteiger partial charge in [0.25, 0.3) is 5.91 Å². The van der Waals surface area contributed by atoms with Gasteiger partial charge in [-0.05, 0) is 43.3 Å². The van der Waals surface area contributed by atoms with Gasteiger partial charge in [-0.3, -0.25) is 19.0 Å². The highest BCUT2D eigenvalue weighted by atomic mass is 16.1. The quantitative estimate of drug-likeness (QED) is 0.343. The van der Waals surface area contributed by atoms with Crippen molar-refractivity contribution in [3.63, 3.8) is 0 Å². The molecule has 0 spiro atoms. The van der Waals surface area contributed by atoms with E-state index in [1.54, 1.807) is 29.3 Å². The molecule has 1 amide bonds. The summed E-state index contributed by atoms with van der Waals surface area (Å²) in [7, 11) is 1.86. The summed E-state index contributed by atoms with van der Waals surface area (Å²) in [6.07, 6.45) is 6.84. The summed E-state index contributed by atoms with van der Waals surface area (Å²) in [6, 6.07) is 18.9. The van der Waals surface area contributed by atoms with Crippen LogP contribution in [0, 0.1) is 11.8 Å². The van der Waals surface area contributed by atoms with E-state index in [4.69, 9.17) is 10.7 Å². The Morgan fingerprint density at radius 3 is 2.64 bits per heavy atom. The molecule has 0 aliphatic rings. The lowest BCUT2D eigenvalue weighted by Crippen LogP contribution is -2.29. The largest absolute Gasteiger partial charge is 0.383 e. The topological polar surface area (TPSA) is 117 Å². The molecule has 6 aromatic rings. The van der Waals surface area contributed by atoms with Gasteiger partial charge in [-0.1, -0.05) is 36.1 Å². The lowest BCUT2D eigenvalue weighted by atomic mass is 10.1. The Hall–Kier alpha value is -5.49. The zero-order valence-electron chi connectivity index (χ0n) is 21.3. The molecule has 0 radical (unpaired) electrons. The van der Waals surface area contributed by atoms with E-state index in [0.717, 1.165) is 33.2 Å². The van der Waals surface area contributed by atoms with Crippen molar-refractivity contribution < 1.29 is 4.79 Å². The molecule has 3 N–H and O–H groups in total. The standard InChI is InChI=1S/C30H24N8O/c1-19(35-30(39)25-26-22(9-7-15-32-26)17-33-28(25)31)29-36-24-12-6-8-21(14-13-20-16-34-37(2)18-20)27(24)38(29)23-10-4-3-5-11-23/h3-12,15-19H,1-2H3,(H2,31,33)(H,35,39)/t19-/m1/s1. The number of benzene rings is 2. The fourth-order valence-corrected chi connectivity index (χ4v) is 4.61. The number of pyridine rings is 2. The van der Waals surface area contributed by atoms with Gasteiger partial charge in [0.05, 0.1) is 39.9 Å². The minimum Gasteiger partial charge on any atom is -0.383 e. The van der Waals surface area contributed by atoms with Gasteiger partial charge in [0, 0.05) is 36.7 Å². The molecule has 0 aliphatic heterocycles. The number of nitrogens with one attached hydrogen (secondary N) is 1. The number of rotatable bonds is 4. The van der Waals surface area contributed by atoms with Gasteiger partial charge < -0.3 is 11.1 Å². The Morgan fingerprint density at radius 2 is 1.85 bits per heavy atom. The first-order chi connectivity index (χ1) is 19.0. The normalized spacial score (nSPS) is 11.7. The number of amides is 1. The average Bonchev–Trinajstić information content (AvgIpc) is 3.56. The second kappa shape index (κ2) is 9.76. The summed E-state index contributed by atoms with van der Waals surface area (Å²) in [5.74, 6) is 6.88. The number of aryl methyl sites for hydroxylation is 1. The van der Waals surface area contributed by atoms with Gasteiger partial charge in [-0.2, -0.15) is 5.10 Å². The zero-order chi connectivity index (χ0) is 26.9. The van der Waals surface area contributed by atoms with Gasteiger partial charge in [0.15, 0.2) is 0 Å². The molecule has 4 aromatic heterocycles. The highest BCUT2D eigenvalue weighted by molar-refractivity contribution is 6.09. The first kappa shape index (κ1) is 23.9. The molecule has 9 heteroatoms. The van der Waals surface area contributed by atoms with E-state index >= 15 is 0 Å². The number of aromatic nitrogens is 6. The lowest BCUT2D eigenvalue weighted by molar-refractivity contribution is 0.0940. The van der Waals surface area contributed by atoms with Crippen LogP contribution in [0.15, 0.2) is 85.5 Å². The van der Waals surface area contributed by atoms with E-state index in [1.807, 2.05) is 79.3 Å². The smallest absolute Gasteiger partial charge is 0.257 e. The summed E-state index contributed by atoms with van der Waals surface area (Å²) < 4.78 is 3.76. The van der Waals surface area contributed by atoms with Crippen LogP contribution in [0.1, 0.15) is 40.3 Å². The number of fused-ring (bicyclic) bond motifs is 2. The number of imidazole rings is 1. The van der Waals surface area contributed by atoms with Crippen LogP contribution in [0.25, 0.3) is 27.6 Å². The Labute approximate surface area is 224 Å². The van der Waals surface area contributed by atoms with Crippen molar-refractivity contribution in [2.24, 2.45) is 7.05 Å². The molecule has 4 heterocycles. The summed E-state index contributed by atoms with van der Waals surface area (Å²) in [4.78, 5) is 27.0. The maximum atomic E-state index is 13.5. The van der Waals surface area contributed by atoms with Gasteiger partial charge in [0.2, 0.25) is 0 Å². The fourth-order valence-electron chi connectivity index (χ4n) is 4.61. The monoisotopic (exact) mass is 512 g/mol. The van der Waals surface area contributed by atoms with E-state index in [1.165, 1.54) is 0 Å². The van der Waals surface area contributed by atoms with Crippen LogP contribution in [0.5, 0.6) is 0 Å². The van der Waals surface area contributed by atoms with E-state index in [2.05, 4.69) is 32.2 Å². The second-order valence-electron chi connectivity index (χ2n) is 9.12. The fraction of sp³-hybridized carbons (Fsp3) is 0.100. The van der Waals surface area contributed by atoms with Crippen LogP contribution in [-0.4, -0.2) is 35.2 Å². The zero-order valence-corrected chi connectivity index (χ0v) is 21.3. The van der Waals surface area contributed by atoms with Crippen molar-refractivity contribution in [2.75, 3.05) is 5.73 Å². The molecule has 2 aromatic carbocycles. The molecule has 0 aliphatic carbocycles. The van der Waals surface area contributed by atoms with E-state index < -0.39 is 6.04 Å². The molecule has 0 saturated carbocycles. The maximum absolute atomic E-state index is 13.5. The Kier molecular flexibility index (Phi) is 5.98. The third-order valence-electron chi connectivity index (χ3n) is 6.40. The van der Waals surface area contributed by atoms with E-state index in [0.29, 0.717) is 11.3 Å². The Morgan fingerprint density at radius 1 is 1.00 bits per heavy atom. The van der Waals surface area contributed by atoms with Crippen molar-refractivity contribution in [1.82, 2.24) is 34.6 Å². The number of carbonyl (C=O) groups is 1. The molecule has 9 nitrogen and oxygen atoms in total. The van der Waals surface area contributed by atoms with Crippen LogP contribution >= 0.6 is 0 Å². The van der Waals surface area contributed by atoms with Crippen molar-refractivity contribution in [3.8, 4) is 17.5 Å². The van der Waals surface area contributed by atoms with Crippen molar-refractivity contribution >= 4 is 33.7 Å². The summed E-state index contributed by atoms with van der Waals surface area (Å²) in [5.41, 5.74) is 11.0. The van der Waals surface area contributed by atoms with Crippen molar-refractivity contribution in [1.29, 1.82) is 0 Å². The first-order valence-electron chi connectivity index (χ1n) is 12.4. The highest BCUT2D eigenvalue weighted by Crippen LogP contribution is 2.29. The number of para-hydroxylation sites is 2. The summed E-state index contributed by atoms with van der Waals surface area (Å²) in [6.45, 7) is 1.89. The molecule has 0 fully saturated rings. The molecule has 0 saturated heterocycles. The van der Waals surface area contributed by atoms with E-state index in [9.17, 15) is 4.79 Å². The number of hydrogen-bond donors (Lipinski definition) is 2. The van der Waals surface area contributed by atoms with Crippen LogP contribution < -0.4 is 11.1 Å².